The average molecular weight is 263 g/mol. The molecule has 0 amide bonds. The Kier molecular flexibility index (Phi) is 5.07. The van der Waals surface area contributed by atoms with E-state index in [1.54, 1.807) is 12.1 Å². The van der Waals surface area contributed by atoms with Crippen LogP contribution in [0.5, 0.6) is 0 Å². The first-order valence-corrected chi connectivity index (χ1v) is 6.42. The van der Waals surface area contributed by atoms with Crippen LogP contribution in [0.15, 0.2) is 18.2 Å². The second-order valence-corrected chi connectivity index (χ2v) is 5.31. The molecule has 0 spiro atoms. The van der Waals surface area contributed by atoms with E-state index in [0.29, 0.717) is 22.9 Å². The Morgan fingerprint density at radius 2 is 2.06 bits per heavy atom. The molecule has 0 radical (unpaired) electrons. The summed E-state index contributed by atoms with van der Waals surface area (Å²) in [5, 5.41) is 0.435. The summed E-state index contributed by atoms with van der Waals surface area (Å²) < 4.78 is 13.6. The Morgan fingerprint density at radius 3 is 2.56 bits per heavy atom. The maximum absolute atomic E-state index is 13.6. The van der Waals surface area contributed by atoms with Gasteiger partial charge in [0.1, 0.15) is 5.82 Å². The number of hydrogen-bond donors (Lipinski definition) is 0. The number of hydrogen-bond acceptors (Lipinski definition) is 0. The minimum atomic E-state index is -0.236. The third-order valence-corrected chi connectivity index (χ3v) is 3.69. The van der Waals surface area contributed by atoms with E-state index in [2.05, 4.69) is 13.8 Å². The highest BCUT2D eigenvalue weighted by atomic mass is 35.5. The van der Waals surface area contributed by atoms with Gasteiger partial charge in [0.25, 0.3) is 0 Å². The smallest absolute Gasteiger partial charge is 0.127 e. The van der Waals surface area contributed by atoms with Gasteiger partial charge >= 0.3 is 0 Å². The molecule has 1 rings (SSSR count). The third kappa shape index (κ3) is 3.64. The van der Waals surface area contributed by atoms with E-state index in [1.165, 1.54) is 6.07 Å². The van der Waals surface area contributed by atoms with Crippen molar-refractivity contribution >= 4 is 23.2 Å². The quantitative estimate of drug-likeness (QED) is 0.651. The first kappa shape index (κ1) is 13.8. The standard InChI is InChI=1S/C13H17Cl2F/c1-3-6-13(2,9-14)8-10-4-5-11(15)7-12(10)16/h4-5,7H,3,6,8-9H2,1-2H3. The van der Waals surface area contributed by atoms with Crippen LogP contribution in [0.3, 0.4) is 0 Å². The predicted molar refractivity (Wildman–Crippen MR) is 68.8 cm³/mol. The zero-order valence-electron chi connectivity index (χ0n) is 9.69. The van der Waals surface area contributed by atoms with Gasteiger partial charge in [0.05, 0.1) is 0 Å². The van der Waals surface area contributed by atoms with Crippen LogP contribution in [-0.4, -0.2) is 5.88 Å². The molecule has 1 unspecified atom stereocenters. The highest BCUT2D eigenvalue weighted by Gasteiger charge is 2.24. The van der Waals surface area contributed by atoms with E-state index in [4.69, 9.17) is 23.2 Å². The molecular weight excluding hydrogens is 246 g/mol. The Hall–Kier alpha value is -0.270. The number of alkyl halides is 1. The van der Waals surface area contributed by atoms with E-state index < -0.39 is 0 Å². The minimum Gasteiger partial charge on any atom is -0.207 e. The number of rotatable bonds is 5. The van der Waals surface area contributed by atoms with E-state index in [0.717, 1.165) is 12.8 Å². The molecular formula is C13H17Cl2F. The third-order valence-electron chi connectivity index (χ3n) is 2.81. The van der Waals surface area contributed by atoms with Gasteiger partial charge in [-0.15, -0.1) is 11.6 Å². The Labute approximate surface area is 107 Å². The van der Waals surface area contributed by atoms with Gasteiger partial charge in [-0.25, -0.2) is 4.39 Å². The summed E-state index contributed by atoms with van der Waals surface area (Å²) in [6.45, 7) is 4.21. The topological polar surface area (TPSA) is 0 Å². The molecule has 0 saturated heterocycles. The van der Waals surface area contributed by atoms with Crippen LogP contribution in [-0.2, 0) is 6.42 Å². The molecule has 0 aliphatic heterocycles. The van der Waals surface area contributed by atoms with Crippen molar-refractivity contribution in [2.24, 2.45) is 5.41 Å². The normalized spacial score (nSPS) is 14.8. The predicted octanol–water partition coefficient (Wildman–Crippen LogP) is 5.07. The van der Waals surface area contributed by atoms with Crippen molar-refractivity contribution < 1.29 is 4.39 Å². The molecule has 0 N–H and O–H groups in total. The molecule has 0 bridgehead atoms. The average Bonchev–Trinajstić information content (AvgIpc) is 2.23. The first-order chi connectivity index (χ1) is 7.50. The highest BCUT2D eigenvalue weighted by molar-refractivity contribution is 6.30. The maximum atomic E-state index is 13.6. The van der Waals surface area contributed by atoms with Crippen LogP contribution < -0.4 is 0 Å². The summed E-state index contributed by atoms with van der Waals surface area (Å²) >= 11 is 11.7. The molecule has 0 fully saturated rings. The Balaban J connectivity index is 2.85. The molecule has 0 saturated carbocycles. The molecule has 90 valence electrons. The van der Waals surface area contributed by atoms with Crippen molar-refractivity contribution in [3.8, 4) is 0 Å². The zero-order chi connectivity index (χ0) is 12.2. The summed E-state index contributed by atoms with van der Waals surface area (Å²) in [5.41, 5.74) is 0.659. The van der Waals surface area contributed by atoms with E-state index >= 15 is 0 Å². The molecule has 0 aliphatic rings. The fourth-order valence-electron chi connectivity index (χ4n) is 1.93. The fourth-order valence-corrected chi connectivity index (χ4v) is 2.32. The Bertz CT molecular complexity index is 352. The molecule has 1 aromatic rings. The van der Waals surface area contributed by atoms with Gasteiger partial charge in [-0.2, -0.15) is 0 Å². The second-order valence-electron chi connectivity index (χ2n) is 4.61. The van der Waals surface area contributed by atoms with Crippen LogP contribution in [0.1, 0.15) is 32.3 Å². The molecule has 3 heteroatoms. The number of benzene rings is 1. The minimum absolute atomic E-state index is 0.0367. The van der Waals surface area contributed by atoms with Crippen molar-refractivity contribution in [3.63, 3.8) is 0 Å². The molecule has 0 nitrogen and oxygen atoms in total. The summed E-state index contributed by atoms with van der Waals surface area (Å²) in [6.07, 6.45) is 2.71. The molecule has 0 aromatic heterocycles. The molecule has 0 aliphatic carbocycles. The first-order valence-electron chi connectivity index (χ1n) is 5.50. The van der Waals surface area contributed by atoms with Gasteiger partial charge in [-0.3, -0.25) is 0 Å². The van der Waals surface area contributed by atoms with Gasteiger partial charge in [-0.1, -0.05) is 37.9 Å². The lowest BCUT2D eigenvalue weighted by Crippen LogP contribution is -2.22. The largest absolute Gasteiger partial charge is 0.207 e. The van der Waals surface area contributed by atoms with Crippen LogP contribution in [0.25, 0.3) is 0 Å². The monoisotopic (exact) mass is 262 g/mol. The van der Waals surface area contributed by atoms with E-state index in [9.17, 15) is 4.39 Å². The fraction of sp³-hybridized carbons (Fsp3) is 0.538. The molecule has 1 aromatic carbocycles. The summed E-state index contributed by atoms with van der Waals surface area (Å²) in [6, 6.07) is 4.83. The van der Waals surface area contributed by atoms with Gasteiger partial charge in [0.15, 0.2) is 0 Å². The Morgan fingerprint density at radius 1 is 1.38 bits per heavy atom. The zero-order valence-corrected chi connectivity index (χ0v) is 11.2. The van der Waals surface area contributed by atoms with Crippen LogP contribution in [0, 0.1) is 11.2 Å². The summed E-state index contributed by atoms with van der Waals surface area (Å²) in [5.74, 6) is 0.308. The van der Waals surface area contributed by atoms with Crippen molar-refractivity contribution in [2.45, 2.75) is 33.1 Å². The van der Waals surface area contributed by atoms with E-state index in [-0.39, 0.29) is 11.2 Å². The van der Waals surface area contributed by atoms with Crippen molar-refractivity contribution in [3.05, 3.63) is 34.6 Å². The lowest BCUT2D eigenvalue weighted by molar-refractivity contribution is 0.330. The number of halogens is 3. The highest BCUT2D eigenvalue weighted by Crippen LogP contribution is 2.31. The lowest BCUT2D eigenvalue weighted by atomic mass is 9.81. The SMILES string of the molecule is CCCC(C)(CCl)Cc1ccc(Cl)cc1F. The van der Waals surface area contributed by atoms with Gasteiger partial charge in [0, 0.05) is 10.9 Å². The van der Waals surface area contributed by atoms with Gasteiger partial charge < -0.3 is 0 Å². The van der Waals surface area contributed by atoms with Gasteiger partial charge in [-0.05, 0) is 36.0 Å². The van der Waals surface area contributed by atoms with Crippen LogP contribution >= 0.6 is 23.2 Å². The van der Waals surface area contributed by atoms with E-state index in [1.807, 2.05) is 0 Å². The van der Waals surface area contributed by atoms with Gasteiger partial charge in [0.2, 0.25) is 0 Å². The van der Waals surface area contributed by atoms with Crippen LogP contribution in [0.2, 0.25) is 5.02 Å². The van der Waals surface area contributed by atoms with Crippen LogP contribution in [0.4, 0.5) is 4.39 Å². The maximum Gasteiger partial charge on any atom is 0.127 e. The molecule has 16 heavy (non-hydrogen) atoms. The second kappa shape index (κ2) is 5.88. The summed E-state index contributed by atoms with van der Waals surface area (Å²) in [4.78, 5) is 0. The molecule has 1 atom stereocenters. The van der Waals surface area contributed by atoms with Crippen molar-refractivity contribution in [1.82, 2.24) is 0 Å². The van der Waals surface area contributed by atoms with Crippen molar-refractivity contribution in [1.29, 1.82) is 0 Å². The van der Waals surface area contributed by atoms with Crippen molar-refractivity contribution in [2.75, 3.05) is 5.88 Å². The lowest BCUT2D eigenvalue weighted by Gasteiger charge is -2.27. The summed E-state index contributed by atoms with van der Waals surface area (Å²) in [7, 11) is 0. The molecule has 0 heterocycles.